The summed E-state index contributed by atoms with van der Waals surface area (Å²) in [5.41, 5.74) is 2.07. The molecular weight excluding hydrogens is 438 g/mol. The van der Waals surface area contributed by atoms with Crippen molar-refractivity contribution in [2.24, 2.45) is 5.14 Å². The lowest BCUT2D eigenvalue weighted by Crippen LogP contribution is -2.15. The number of rotatable bonds is 23. The van der Waals surface area contributed by atoms with Crippen molar-refractivity contribution in [3.05, 3.63) is 29.3 Å². The lowest BCUT2D eigenvalue weighted by molar-refractivity contribution is 0.554. The summed E-state index contributed by atoms with van der Waals surface area (Å²) in [7, 11) is -3.71. The summed E-state index contributed by atoms with van der Waals surface area (Å²) in [4.78, 5) is 0.204. The molecular formula is C30H54NO2S. The highest BCUT2D eigenvalue weighted by molar-refractivity contribution is 7.89. The molecule has 1 aromatic carbocycles. The van der Waals surface area contributed by atoms with Crippen LogP contribution in [0.3, 0.4) is 0 Å². The molecule has 0 saturated carbocycles. The molecule has 1 radical (unpaired) electrons. The Hall–Kier alpha value is -0.870. The third kappa shape index (κ3) is 15.9. The largest absolute Gasteiger partial charge is 0.238 e. The maximum absolute atomic E-state index is 12.0. The van der Waals surface area contributed by atoms with Gasteiger partial charge in [-0.15, -0.1) is 0 Å². The minimum atomic E-state index is -3.71. The zero-order valence-corrected chi connectivity index (χ0v) is 23.3. The second kappa shape index (κ2) is 20.3. The lowest BCUT2D eigenvalue weighted by Gasteiger charge is -2.11. The molecule has 0 aliphatic rings. The van der Waals surface area contributed by atoms with Gasteiger partial charge < -0.3 is 0 Å². The molecule has 1 rings (SSSR count). The summed E-state index contributed by atoms with van der Waals surface area (Å²) in [6.45, 7) is 4.52. The van der Waals surface area contributed by atoms with E-state index in [0.717, 1.165) is 37.7 Å². The van der Waals surface area contributed by atoms with Crippen molar-refractivity contribution in [1.29, 1.82) is 0 Å². The number of unbranched alkanes of at least 4 members (excludes halogenated alkanes) is 18. The number of sulfonamides is 1. The topological polar surface area (TPSA) is 60.2 Å². The van der Waals surface area contributed by atoms with Crippen molar-refractivity contribution in [2.45, 2.75) is 160 Å². The number of primary sulfonamides is 1. The van der Waals surface area contributed by atoms with Gasteiger partial charge in [0.25, 0.3) is 0 Å². The maximum atomic E-state index is 12.0. The first-order valence-corrected chi connectivity index (χ1v) is 16.1. The van der Waals surface area contributed by atoms with Crippen molar-refractivity contribution in [3.63, 3.8) is 0 Å². The van der Waals surface area contributed by atoms with Gasteiger partial charge in [-0.1, -0.05) is 135 Å². The quantitative estimate of drug-likeness (QED) is 0.155. The van der Waals surface area contributed by atoms with E-state index in [-0.39, 0.29) is 4.90 Å². The summed E-state index contributed by atoms with van der Waals surface area (Å²) in [6.07, 6.45) is 27.9. The molecule has 0 amide bonds. The highest BCUT2D eigenvalue weighted by atomic mass is 32.2. The number of aryl methyl sites for hydroxylation is 2. The monoisotopic (exact) mass is 492 g/mol. The van der Waals surface area contributed by atoms with Crippen LogP contribution in [0.2, 0.25) is 0 Å². The summed E-state index contributed by atoms with van der Waals surface area (Å²) in [5, 5.41) is 5.47. The molecule has 0 bridgehead atoms. The number of benzene rings is 1. The van der Waals surface area contributed by atoms with Crippen LogP contribution in [0.15, 0.2) is 17.0 Å². The van der Waals surface area contributed by atoms with E-state index in [0.29, 0.717) is 0 Å². The SMILES string of the molecule is CCCCCCCCCCCCc1c[c]c(S(N)(=O)=O)c(CCCCCCCCCCCC)c1. The first-order chi connectivity index (χ1) is 16.5. The van der Waals surface area contributed by atoms with Crippen LogP contribution in [0.1, 0.15) is 153 Å². The van der Waals surface area contributed by atoms with E-state index in [2.05, 4.69) is 26.0 Å². The average molecular weight is 493 g/mol. The molecule has 0 fully saturated rings. The molecule has 0 spiro atoms. The van der Waals surface area contributed by atoms with E-state index in [4.69, 9.17) is 5.14 Å². The molecule has 34 heavy (non-hydrogen) atoms. The minimum Gasteiger partial charge on any atom is -0.225 e. The highest BCUT2D eigenvalue weighted by Crippen LogP contribution is 2.21. The highest BCUT2D eigenvalue weighted by Gasteiger charge is 2.14. The number of nitrogens with two attached hydrogens (primary N) is 1. The summed E-state index contributed by atoms with van der Waals surface area (Å²) in [5.74, 6) is 0. The zero-order chi connectivity index (χ0) is 24.9. The van der Waals surface area contributed by atoms with Gasteiger partial charge in [0.05, 0.1) is 4.90 Å². The van der Waals surface area contributed by atoms with Crippen LogP contribution >= 0.6 is 0 Å². The molecule has 0 heterocycles. The molecule has 2 N–H and O–H groups in total. The van der Waals surface area contributed by atoms with Gasteiger partial charge in [-0.05, 0) is 42.9 Å². The van der Waals surface area contributed by atoms with E-state index < -0.39 is 10.0 Å². The van der Waals surface area contributed by atoms with Gasteiger partial charge in [0.1, 0.15) is 0 Å². The average Bonchev–Trinajstić information content (AvgIpc) is 2.81. The van der Waals surface area contributed by atoms with Gasteiger partial charge in [-0.25, -0.2) is 13.6 Å². The Bertz CT molecular complexity index is 715. The Balaban J connectivity index is 2.31. The molecule has 0 aliphatic carbocycles. The van der Waals surface area contributed by atoms with Crippen LogP contribution in [-0.2, 0) is 22.9 Å². The van der Waals surface area contributed by atoms with E-state index in [9.17, 15) is 8.42 Å². The molecule has 1 aromatic rings. The molecule has 3 nitrogen and oxygen atoms in total. The van der Waals surface area contributed by atoms with Gasteiger partial charge in [-0.3, -0.25) is 0 Å². The first kappa shape index (κ1) is 31.2. The van der Waals surface area contributed by atoms with Gasteiger partial charge in [0.15, 0.2) is 0 Å². The van der Waals surface area contributed by atoms with Gasteiger partial charge in [0.2, 0.25) is 10.0 Å². The van der Waals surface area contributed by atoms with Crippen LogP contribution < -0.4 is 5.14 Å². The van der Waals surface area contributed by atoms with Crippen LogP contribution in [0, 0.1) is 6.07 Å². The van der Waals surface area contributed by atoms with Crippen molar-refractivity contribution >= 4 is 10.0 Å². The molecule has 0 aliphatic heterocycles. The molecule has 0 unspecified atom stereocenters. The second-order valence-electron chi connectivity index (χ2n) is 10.3. The normalized spacial score (nSPS) is 11.9. The van der Waals surface area contributed by atoms with Crippen molar-refractivity contribution in [2.75, 3.05) is 0 Å². The Morgan fingerprint density at radius 3 is 1.41 bits per heavy atom. The van der Waals surface area contributed by atoms with Crippen molar-refractivity contribution in [3.8, 4) is 0 Å². The Labute approximate surface area is 212 Å². The Morgan fingerprint density at radius 2 is 1.00 bits per heavy atom. The van der Waals surface area contributed by atoms with Crippen LogP contribution in [0.4, 0.5) is 0 Å². The Kier molecular flexibility index (Phi) is 18.6. The molecule has 0 aromatic heterocycles. The predicted octanol–water partition coefficient (Wildman–Crippen LogP) is 9.06. The predicted molar refractivity (Wildman–Crippen MR) is 148 cm³/mol. The fourth-order valence-corrected chi connectivity index (χ4v) is 5.55. The van der Waals surface area contributed by atoms with E-state index in [1.807, 2.05) is 6.07 Å². The summed E-state index contributed by atoms with van der Waals surface area (Å²) < 4.78 is 24.1. The third-order valence-corrected chi connectivity index (χ3v) is 7.89. The van der Waals surface area contributed by atoms with E-state index >= 15 is 0 Å². The zero-order valence-electron chi connectivity index (χ0n) is 22.5. The third-order valence-electron chi connectivity index (χ3n) is 6.94. The van der Waals surface area contributed by atoms with Crippen LogP contribution in [0.25, 0.3) is 0 Å². The molecule has 0 atom stereocenters. The molecule has 0 saturated heterocycles. The molecule has 197 valence electrons. The van der Waals surface area contributed by atoms with Gasteiger partial charge >= 0.3 is 0 Å². The van der Waals surface area contributed by atoms with E-state index in [1.165, 1.54) is 115 Å². The summed E-state index contributed by atoms with van der Waals surface area (Å²) in [6, 6.07) is 6.93. The second-order valence-corrected chi connectivity index (χ2v) is 11.8. The van der Waals surface area contributed by atoms with Gasteiger partial charge in [0, 0.05) is 6.07 Å². The van der Waals surface area contributed by atoms with Gasteiger partial charge in [-0.2, -0.15) is 0 Å². The Morgan fingerprint density at radius 1 is 0.618 bits per heavy atom. The molecule has 4 heteroatoms. The smallest absolute Gasteiger partial charge is 0.225 e. The lowest BCUT2D eigenvalue weighted by atomic mass is 9.99. The standard InChI is InChI=1S/C30H54NO2S/c1-3-5-7-9-11-13-15-17-19-21-23-28-25-26-30(34(31,32)33)29(27-28)24-22-20-18-16-14-12-10-8-6-4-2/h25,27H,3-24H2,1-2H3,(H2,31,32,33). The number of hydrogen-bond acceptors (Lipinski definition) is 2. The van der Waals surface area contributed by atoms with Crippen molar-refractivity contribution in [1.82, 2.24) is 0 Å². The van der Waals surface area contributed by atoms with Crippen molar-refractivity contribution < 1.29 is 8.42 Å². The minimum absolute atomic E-state index is 0.204. The van der Waals surface area contributed by atoms with E-state index in [1.54, 1.807) is 0 Å². The van der Waals surface area contributed by atoms with Crippen LogP contribution in [-0.4, -0.2) is 8.42 Å². The fraction of sp³-hybridized carbons (Fsp3) is 0.800. The van der Waals surface area contributed by atoms with Crippen LogP contribution in [0.5, 0.6) is 0 Å². The first-order valence-electron chi connectivity index (χ1n) is 14.5. The fourth-order valence-electron chi connectivity index (χ4n) is 4.80. The summed E-state index contributed by atoms with van der Waals surface area (Å²) >= 11 is 0. The number of hydrogen-bond donors (Lipinski definition) is 1. The maximum Gasteiger partial charge on any atom is 0.238 e.